The van der Waals surface area contributed by atoms with Crippen molar-refractivity contribution in [2.24, 2.45) is 22.6 Å². The number of amidine groups is 1. The van der Waals surface area contributed by atoms with Gasteiger partial charge >= 0.3 is 0 Å². The van der Waals surface area contributed by atoms with Crippen LogP contribution in [0.4, 0.5) is 10.1 Å². The summed E-state index contributed by atoms with van der Waals surface area (Å²) in [6.07, 6.45) is 6.69. The molecule has 1 aromatic heterocycles. The Kier molecular flexibility index (Phi) is 5.19. The number of carbonyl (C=O) groups is 1. The predicted octanol–water partition coefficient (Wildman–Crippen LogP) is 4.29. The maximum Gasteiger partial charge on any atom is 0.274 e. The Morgan fingerprint density at radius 1 is 1.26 bits per heavy atom. The van der Waals surface area contributed by atoms with Crippen molar-refractivity contribution < 1.29 is 9.18 Å². The van der Waals surface area contributed by atoms with Gasteiger partial charge in [0.05, 0.1) is 5.54 Å². The van der Waals surface area contributed by atoms with Gasteiger partial charge in [-0.3, -0.25) is 9.79 Å². The Labute approximate surface area is 185 Å². The lowest BCUT2D eigenvalue weighted by Gasteiger charge is -2.36. The molecule has 2 heterocycles. The van der Waals surface area contributed by atoms with Crippen LogP contribution in [0.5, 0.6) is 0 Å². The zero-order valence-electron chi connectivity index (χ0n) is 17.0. The summed E-state index contributed by atoms with van der Waals surface area (Å²) in [4.78, 5) is 21.6. The van der Waals surface area contributed by atoms with Gasteiger partial charge in [-0.05, 0) is 61.9 Å². The highest BCUT2D eigenvalue weighted by molar-refractivity contribution is 8.13. The van der Waals surface area contributed by atoms with Crippen LogP contribution in [0.25, 0.3) is 0 Å². The summed E-state index contributed by atoms with van der Waals surface area (Å²) in [7, 11) is 0. The number of hydrogen-bond donors (Lipinski definition) is 2. The highest BCUT2D eigenvalue weighted by Crippen LogP contribution is 2.51. The third-order valence-corrected chi connectivity index (χ3v) is 7.17. The fourth-order valence-electron chi connectivity index (χ4n) is 4.40. The molecule has 2 aliphatic carbocycles. The average molecular weight is 435 g/mol. The van der Waals surface area contributed by atoms with E-state index in [1.807, 2.05) is 0 Å². The second kappa shape index (κ2) is 8.01. The van der Waals surface area contributed by atoms with Crippen molar-refractivity contribution in [2.45, 2.75) is 37.6 Å². The number of amides is 1. The van der Waals surface area contributed by atoms with Crippen molar-refractivity contribution in [1.29, 1.82) is 0 Å². The molecular formula is C24H23FN4OS. The standard InChI is InChI=1S/C24H23FN4OS/c25-20-9-8-18(12-19(20)24-11-1-2-17(24)14-31-23(26)29-24)28-22(30)21-10-7-16(13-27-21)6-5-15-3-4-15/h7-10,12-13,15,17H,1-4,11,14H2,(H2,26,29)(H,28,30). The SMILES string of the molecule is NC1=NC2(c3cc(NC(=O)c4ccc(C#CC5CC5)cn4)ccc3F)CCCC2CS1. The molecule has 7 heteroatoms. The number of halogens is 1. The number of fused-ring (bicyclic) bond motifs is 1. The first-order valence-corrected chi connectivity index (χ1v) is 11.6. The van der Waals surface area contributed by atoms with Crippen molar-refractivity contribution in [3.05, 3.63) is 59.2 Å². The Balaban J connectivity index is 1.37. The summed E-state index contributed by atoms with van der Waals surface area (Å²) in [6, 6.07) is 8.12. The molecular weight excluding hydrogens is 411 g/mol. The zero-order valence-corrected chi connectivity index (χ0v) is 17.8. The molecule has 2 atom stereocenters. The van der Waals surface area contributed by atoms with Gasteiger partial charge in [-0.15, -0.1) is 0 Å². The Hall–Kier alpha value is -2.85. The van der Waals surface area contributed by atoms with E-state index in [2.05, 4.69) is 22.1 Å². The molecule has 1 amide bonds. The number of anilines is 1. The molecule has 1 aliphatic heterocycles. The number of nitrogens with zero attached hydrogens (tertiary/aromatic N) is 2. The van der Waals surface area contributed by atoms with E-state index < -0.39 is 5.54 Å². The lowest BCUT2D eigenvalue weighted by atomic mass is 9.81. The van der Waals surface area contributed by atoms with Crippen LogP contribution in [-0.2, 0) is 5.54 Å². The number of benzene rings is 1. The van der Waals surface area contributed by atoms with E-state index in [0.29, 0.717) is 22.3 Å². The van der Waals surface area contributed by atoms with Crippen LogP contribution in [0, 0.1) is 29.5 Å². The van der Waals surface area contributed by atoms with Crippen LogP contribution in [-0.4, -0.2) is 21.8 Å². The van der Waals surface area contributed by atoms with E-state index in [1.165, 1.54) is 30.7 Å². The summed E-state index contributed by atoms with van der Waals surface area (Å²) >= 11 is 1.53. The smallest absolute Gasteiger partial charge is 0.274 e. The molecule has 1 aromatic carbocycles. The van der Waals surface area contributed by atoms with Crippen LogP contribution >= 0.6 is 11.8 Å². The van der Waals surface area contributed by atoms with Gasteiger partial charge < -0.3 is 11.1 Å². The largest absolute Gasteiger partial charge is 0.379 e. The van der Waals surface area contributed by atoms with Crippen LogP contribution in [0.2, 0.25) is 0 Å². The Morgan fingerprint density at radius 3 is 2.90 bits per heavy atom. The molecule has 0 saturated heterocycles. The van der Waals surface area contributed by atoms with E-state index in [4.69, 9.17) is 10.7 Å². The molecule has 158 valence electrons. The van der Waals surface area contributed by atoms with Gasteiger partial charge in [0.25, 0.3) is 5.91 Å². The van der Waals surface area contributed by atoms with Gasteiger partial charge in [0.1, 0.15) is 11.5 Å². The van der Waals surface area contributed by atoms with E-state index in [9.17, 15) is 9.18 Å². The van der Waals surface area contributed by atoms with Gasteiger partial charge in [0.15, 0.2) is 5.17 Å². The number of pyridine rings is 1. The minimum Gasteiger partial charge on any atom is -0.379 e. The number of aliphatic imine (C=N–C) groups is 1. The number of aromatic nitrogens is 1. The molecule has 2 fully saturated rings. The minimum absolute atomic E-state index is 0.246. The molecule has 31 heavy (non-hydrogen) atoms. The summed E-state index contributed by atoms with van der Waals surface area (Å²) in [5.41, 5.74) is 7.49. The van der Waals surface area contributed by atoms with Gasteiger partial charge in [-0.25, -0.2) is 9.37 Å². The Bertz CT molecular complexity index is 1120. The molecule has 2 aromatic rings. The highest BCUT2D eigenvalue weighted by Gasteiger charge is 2.48. The molecule has 2 unspecified atom stereocenters. The number of nitrogens with one attached hydrogen (secondary N) is 1. The maximum absolute atomic E-state index is 14.9. The summed E-state index contributed by atoms with van der Waals surface area (Å²) < 4.78 is 14.9. The van der Waals surface area contributed by atoms with E-state index in [-0.39, 0.29) is 23.3 Å². The van der Waals surface area contributed by atoms with Crippen molar-refractivity contribution in [3.8, 4) is 11.8 Å². The summed E-state index contributed by atoms with van der Waals surface area (Å²) in [6.45, 7) is 0. The van der Waals surface area contributed by atoms with Crippen molar-refractivity contribution in [3.63, 3.8) is 0 Å². The predicted molar refractivity (Wildman–Crippen MR) is 121 cm³/mol. The number of nitrogens with two attached hydrogens (primary N) is 1. The molecule has 0 bridgehead atoms. The van der Waals surface area contributed by atoms with Crippen LogP contribution in [0.1, 0.15) is 53.7 Å². The van der Waals surface area contributed by atoms with Gasteiger partial charge in [-0.2, -0.15) is 0 Å². The van der Waals surface area contributed by atoms with Crippen LogP contribution in [0.3, 0.4) is 0 Å². The topological polar surface area (TPSA) is 80.4 Å². The minimum atomic E-state index is -0.639. The number of thioether (sulfide) groups is 1. The second-order valence-corrected chi connectivity index (χ2v) is 9.44. The van der Waals surface area contributed by atoms with Gasteiger partial charge in [0, 0.05) is 34.7 Å². The van der Waals surface area contributed by atoms with Gasteiger partial charge in [0.2, 0.25) is 0 Å². The summed E-state index contributed by atoms with van der Waals surface area (Å²) in [5, 5.41) is 3.34. The normalized spacial score (nSPS) is 24.5. The van der Waals surface area contributed by atoms with Crippen molar-refractivity contribution >= 4 is 28.5 Å². The van der Waals surface area contributed by atoms with E-state index >= 15 is 0 Å². The number of hydrogen-bond acceptors (Lipinski definition) is 5. The number of rotatable bonds is 3. The molecule has 3 N–H and O–H groups in total. The second-order valence-electron chi connectivity index (χ2n) is 8.40. The Morgan fingerprint density at radius 2 is 2.13 bits per heavy atom. The van der Waals surface area contributed by atoms with Crippen molar-refractivity contribution in [2.75, 3.05) is 11.1 Å². The third kappa shape index (κ3) is 4.05. The molecule has 2 saturated carbocycles. The maximum atomic E-state index is 14.9. The molecule has 5 rings (SSSR count). The lowest BCUT2D eigenvalue weighted by molar-refractivity contribution is 0.102. The van der Waals surface area contributed by atoms with Gasteiger partial charge in [-0.1, -0.05) is 30.0 Å². The average Bonchev–Trinajstić information content (AvgIpc) is 3.51. The first-order valence-electron chi connectivity index (χ1n) is 10.6. The third-order valence-electron chi connectivity index (χ3n) is 6.21. The fourth-order valence-corrected chi connectivity index (χ4v) is 5.45. The summed E-state index contributed by atoms with van der Waals surface area (Å²) in [5.74, 6) is 7.20. The fraction of sp³-hybridized carbons (Fsp3) is 0.375. The van der Waals surface area contributed by atoms with Crippen LogP contribution < -0.4 is 11.1 Å². The van der Waals surface area contributed by atoms with Crippen molar-refractivity contribution in [1.82, 2.24) is 4.98 Å². The first-order chi connectivity index (χ1) is 15.0. The molecule has 5 nitrogen and oxygen atoms in total. The molecule has 0 radical (unpaired) electrons. The molecule has 0 spiro atoms. The van der Waals surface area contributed by atoms with E-state index in [0.717, 1.165) is 30.6 Å². The van der Waals surface area contributed by atoms with Crippen LogP contribution in [0.15, 0.2) is 41.5 Å². The number of carbonyl (C=O) groups excluding carboxylic acids is 1. The zero-order chi connectivity index (χ0) is 21.4. The lowest BCUT2D eigenvalue weighted by Crippen LogP contribution is -2.37. The van der Waals surface area contributed by atoms with E-state index in [1.54, 1.807) is 30.5 Å². The monoisotopic (exact) mass is 434 g/mol. The molecule has 3 aliphatic rings. The highest BCUT2D eigenvalue weighted by atomic mass is 32.2. The first kappa shape index (κ1) is 20.1. The quantitative estimate of drug-likeness (QED) is 0.706.